The maximum atomic E-state index is 12.5. The average Bonchev–Trinajstić information content (AvgIpc) is 2.78. The van der Waals surface area contributed by atoms with E-state index in [0.717, 1.165) is 25.8 Å². The fourth-order valence-electron chi connectivity index (χ4n) is 3.28. The van der Waals surface area contributed by atoms with Gasteiger partial charge in [0.25, 0.3) is 0 Å². The zero-order chi connectivity index (χ0) is 16.3. The normalized spacial score (nSPS) is 25.5. The lowest BCUT2D eigenvalue weighted by Gasteiger charge is -2.31. The summed E-state index contributed by atoms with van der Waals surface area (Å²) >= 11 is 0. The summed E-state index contributed by atoms with van der Waals surface area (Å²) in [6.07, 6.45) is 5.87. The molecular weight excluding hydrogens is 280 g/mol. The Morgan fingerprint density at radius 1 is 1.18 bits per heavy atom. The van der Waals surface area contributed by atoms with E-state index in [0.29, 0.717) is 5.92 Å². The third-order valence-corrected chi connectivity index (χ3v) is 4.64. The summed E-state index contributed by atoms with van der Waals surface area (Å²) in [6.45, 7) is 6.44. The van der Waals surface area contributed by atoms with Crippen molar-refractivity contribution < 1.29 is 14.3 Å². The van der Waals surface area contributed by atoms with Gasteiger partial charge in [0, 0.05) is 25.6 Å². The highest BCUT2D eigenvalue weighted by Gasteiger charge is 2.34. The van der Waals surface area contributed by atoms with Gasteiger partial charge < -0.3 is 15.0 Å². The number of carbonyl (C=O) groups excluding carboxylic acids is 2. The molecule has 2 amide bonds. The molecule has 0 aromatic heterocycles. The van der Waals surface area contributed by atoms with Crippen molar-refractivity contribution in [3.63, 3.8) is 0 Å². The summed E-state index contributed by atoms with van der Waals surface area (Å²) in [5, 5.41) is 2.89. The molecule has 0 aliphatic heterocycles. The molecule has 5 nitrogen and oxygen atoms in total. The van der Waals surface area contributed by atoms with Crippen LogP contribution in [-0.2, 0) is 9.53 Å². The molecule has 2 fully saturated rings. The van der Waals surface area contributed by atoms with Gasteiger partial charge in [-0.15, -0.1) is 0 Å². The second kappa shape index (κ2) is 6.88. The van der Waals surface area contributed by atoms with E-state index < -0.39 is 5.60 Å². The molecule has 1 N–H and O–H groups in total. The third kappa shape index (κ3) is 4.89. The molecule has 0 bridgehead atoms. The zero-order valence-corrected chi connectivity index (χ0v) is 14.4. The first-order chi connectivity index (χ1) is 10.2. The van der Waals surface area contributed by atoms with Gasteiger partial charge in [-0.1, -0.05) is 6.42 Å². The van der Waals surface area contributed by atoms with Gasteiger partial charge >= 0.3 is 6.09 Å². The molecule has 0 aromatic rings. The first-order valence-corrected chi connectivity index (χ1v) is 8.49. The third-order valence-electron chi connectivity index (χ3n) is 4.64. The fourth-order valence-corrected chi connectivity index (χ4v) is 3.28. The first-order valence-electron chi connectivity index (χ1n) is 8.49. The molecule has 0 radical (unpaired) electrons. The van der Waals surface area contributed by atoms with E-state index in [-0.39, 0.29) is 24.0 Å². The summed E-state index contributed by atoms with van der Waals surface area (Å²) in [6, 6.07) is 0.0564. The molecular formula is C17H30N2O3. The van der Waals surface area contributed by atoms with Crippen LogP contribution in [0.25, 0.3) is 0 Å². The van der Waals surface area contributed by atoms with Gasteiger partial charge in [0.05, 0.1) is 0 Å². The van der Waals surface area contributed by atoms with Gasteiger partial charge in [0.15, 0.2) is 0 Å². The summed E-state index contributed by atoms with van der Waals surface area (Å²) < 4.78 is 5.27. The lowest BCUT2D eigenvalue weighted by Crippen LogP contribution is -2.40. The van der Waals surface area contributed by atoms with Crippen LogP contribution in [0.1, 0.15) is 59.3 Å². The molecule has 2 saturated carbocycles. The second-order valence-corrected chi connectivity index (χ2v) is 7.87. The minimum Gasteiger partial charge on any atom is -0.444 e. The molecule has 2 aliphatic rings. The monoisotopic (exact) mass is 310 g/mol. The molecule has 2 aliphatic carbocycles. The highest BCUT2D eigenvalue weighted by molar-refractivity contribution is 5.79. The number of hydrogen-bond acceptors (Lipinski definition) is 3. The molecule has 0 saturated heterocycles. The van der Waals surface area contributed by atoms with E-state index in [1.54, 1.807) is 0 Å². The van der Waals surface area contributed by atoms with Gasteiger partial charge in [0.2, 0.25) is 5.91 Å². The van der Waals surface area contributed by atoms with Gasteiger partial charge in [0.1, 0.15) is 5.60 Å². The summed E-state index contributed by atoms with van der Waals surface area (Å²) in [5.74, 6) is 0.983. The van der Waals surface area contributed by atoms with Crippen molar-refractivity contribution in [2.75, 3.05) is 13.6 Å². The van der Waals surface area contributed by atoms with E-state index in [1.165, 1.54) is 19.3 Å². The van der Waals surface area contributed by atoms with Crippen LogP contribution in [0, 0.1) is 11.8 Å². The second-order valence-electron chi connectivity index (χ2n) is 7.87. The van der Waals surface area contributed by atoms with Crippen molar-refractivity contribution in [2.24, 2.45) is 11.8 Å². The molecule has 5 heteroatoms. The van der Waals surface area contributed by atoms with Crippen molar-refractivity contribution in [3.05, 3.63) is 0 Å². The highest BCUT2D eigenvalue weighted by atomic mass is 16.6. The molecule has 2 atom stereocenters. The van der Waals surface area contributed by atoms with E-state index in [9.17, 15) is 9.59 Å². The molecule has 2 rings (SSSR count). The predicted molar refractivity (Wildman–Crippen MR) is 85.5 cm³/mol. The summed E-state index contributed by atoms with van der Waals surface area (Å²) in [5.41, 5.74) is -0.485. The van der Waals surface area contributed by atoms with Crippen molar-refractivity contribution in [1.29, 1.82) is 0 Å². The van der Waals surface area contributed by atoms with Gasteiger partial charge in [-0.3, -0.25) is 4.79 Å². The Morgan fingerprint density at radius 2 is 1.86 bits per heavy atom. The van der Waals surface area contributed by atoms with Crippen LogP contribution in [0.2, 0.25) is 0 Å². The topological polar surface area (TPSA) is 58.6 Å². The van der Waals surface area contributed by atoms with Gasteiger partial charge in [-0.2, -0.15) is 0 Å². The standard InChI is InChI=1S/C17H30N2O3/c1-17(2,3)22-16(21)18-14-9-8-13(10-14)15(20)19(4)11-12-6-5-7-12/h12-14H,5-11H2,1-4H3,(H,18,21)/t13-,14-/m0/s1. The number of nitrogens with one attached hydrogen (secondary N) is 1. The number of rotatable bonds is 4. The van der Waals surface area contributed by atoms with Crippen molar-refractivity contribution in [3.8, 4) is 0 Å². The van der Waals surface area contributed by atoms with Crippen LogP contribution < -0.4 is 5.32 Å². The Balaban J connectivity index is 1.74. The summed E-state index contributed by atoms with van der Waals surface area (Å²) in [4.78, 5) is 26.1. The largest absolute Gasteiger partial charge is 0.444 e. The van der Waals surface area contributed by atoms with Gasteiger partial charge in [-0.05, 0) is 58.8 Å². The highest BCUT2D eigenvalue weighted by Crippen LogP contribution is 2.30. The minimum atomic E-state index is -0.485. The van der Waals surface area contributed by atoms with Crippen LogP contribution >= 0.6 is 0 Å². The molecule has 0 heterocycles. The van der Waals surface area contributed by atoms with Crippen molar-refractivity contribution >= 4 is 12.0 Å². The minimum absolute atomic E-state index is 0.0463. The Morgan fingerprint density at radius 3 is 2.41 bits per heavy atom. The molecule has 126 valence electrons. The molecule has 0 aromatic carbocycles. The fraction of sp³-hybridized carbons (Fsp3) is 0.882. The summed E-state index contributed by atoms with van der Waals surface area (Å²) in [7, 11) is 1.91. The lowest BCUT2D eigenvalue weighted by atomic mass is 9.85. The van der Waals surface area contributed by atoms with E-state index in [4.69, 9.17) is 4.74 Å². The number of amides is 2. The van der Waals surface area contributed by atoms with Crippen LogP contribution in [0.15, 0.2) is 0 Å². The number of ether oxygens (including phenoxy) is 1. The van der Waals surface area contributed by atoms with Crippen LogP contribution in [-0.4, -0.2) is 42.1 Å². The maximum absolute atomic E-state index is 12.5. The smallest absolute Gasteiger partial charge is 0.407 e. The SMILES string of the molecule is CN(CC1CCC1)C(=O)[C@H]1CC[C@H](NC(=O)OC(C)(C)C)C1. The maximum Gasteiger partial charge on any atom is 0.407 e. The van der Waals surface area contributed by atoms with E-state index >= 15 is 0 Å². The first kappa shape index (κ1) is 17.1. The van der Waals surface area contributed by atoms with E-state index in [2.05, 4.69) is 5.32 Å². The Labute approximate surface area is 133 Å². The lowest BCUT2D eigenvalue weighted by molar-refractivity contribution is -0.135. The van der Waals surface area contributed by atoms with Gasteiger partial charge in [-0.25, -0.2) is 4.79 Å². The molecule has 22 heavy (non-hydrogen) atoms. The van der Waals surface area contributed by atoms with Crippen LogP contribution in [0.3, 0.4) is 0 Å². The molecule has 0 spiro atoms. The quantitative estimate of drug-likeness (QED) is 0.868. The predicted octanol–water partition coefficient (Wildman–Crippen LogP) is 2.94. The zero-order valence-electron chi connectivity index (χ0n) is 14.4. The number of carbonyl (C=O) groups is 2. The Hall–Kier alpha value is -1.26. The number of alkyl carbamates (subject to hydrolysis) is 1. The van der Waals surface area contributed by atoms with Crippen molar-refractivity contribution in [1.82, 2.24) is 10.2 Å². The van der Waals surface area contributed by atoms with E-state index in [1.807, 2.05) is 32.7 Å². The van der Waals surface area contributed by atoms with Crippen molar-refractivity contribution in [2.45, 2.75) is 70.9 Å². The van der Waals surface area contributed by atoms with Crippen LogP contribution in [0.5, 0.6) is 0 Å². The number of hydrogen-bond donors (Lipinski definition) is 1. The number of nitrogens with zero attached hydrogens (tertiary/aromatic N) is 1. The van der Waals surface area contributed by atoms with Crippen LogP contribution in [0.4, 0.5) is 4.79 Å². The average molecular weight is 310 g/mol. The molecule has 0 unspecified atom stereocenters. The Bertz CT molecular complexity index is 413. The Kier molecular flexibility index (Phi) is 5.35.